The molecule has 21 heavy (non-hydrogen) atoms. The lowest BCUT2D eigenvalue weighted by molar-refractivity contribution is 0.562. The van der Waals surface area contributed by atoms with E-state index < -0.39 is 0 Å². The molecule has 0 aliphatic rings. The van der Waals surface area contributed by atoms with E-state index >= 15 is 0 Å². The third-order valence-electron chi connectivity index (χ3n) is 3.58. The van der Waals surface area contributed by atoms with Crippen molar-refractivity contribution >= 4 is 12.2 Å². The predicted octanol–water partition coefficient (Wildman–Crippen LogP) is 3.38. The maximum Gasteiger partial charge on any atom is 0.262 e. The molecule has 2 aromatic rings. The fourth-order valence-electron chi connectivity index (χ4n) is 2.76. The first kappa shape index (κ1) is 15.7. The largest absolute Gasteiger partial charge is 0.310 e. The second-order valence-corrected chi connectivity index (χ2v) is 6.00. The summed E-state index contributed by atoms with van der Waals surface area (Å²) in [7, 11) is 0. The van der Waals surface area contributed by atoms with E-state index in [1.807, 2.05) is 38.3 Å². The second-order valence-electron chi connectivity index (χ2n) is 5.62. The highest BCUT2D eigenvalue weighted by Crippen LogP contribution is 2.20. The Kier molecular flexibility index (Phi) is 4.46. The lowest BCUT2D eigenvalue weighted by atomic mass is 10.1. The van der Waals surface area contributed by atoms with Gasteiger partial charge in [-0.05, 0) is 58.0 Å². The van der Waals surface area contributed by atoms with Crippen molar-refractivity contribution in [2.24, 2.45) is 0 Å². The molecule has 0 amide bonds. The Morgan fingerprint density at radius 2 is 2.05 bits per heavy atom. The number of nitrogens with zero attached hydrogens (tertiary/aromatic N) is 3. The monoisotopic (exact) mass is 306 g/mol. The SMILES string of the molecule is CCCn1c(-c2c(C)cc(C)n(C(C)C)c2=O)n[nH]c1=S. The summed E-state index contributed by atoms with van der Waals surface area (Å²) in [4.78, 5) is 12.9. The molecule has 0 saturated carbocycles. The topological polar surface area (TPSA) is 55.6 Å². The summed E-state index contributed by atoms with van der Waals surface area (Å²) in [5.41, 5.74) is 2.53. The van der Waals surface area contributed by atoms with Gasteiger partial charge in [-0.1, -0.05) is 6.92 Å². The lowest BCUT2D eigenvalue weighted by Crippen LogP contribution is -2.27. The molecule has 0 aromatic carbocycles. The van der Waals surface area contributed by atoms with Crippen LogP contribution in [0.3, 0.4) is 0 Å². The molecule has 0 aliphatic heterocycles. The van der Waals surface area contributed by atoms with Crippen molar-refractivity contribution in [1.82, 2.24) is 19.3 Å². The van der Waals surface area contributed by atoms with Crippen molar-refractivity contribution in [2.75, 3.05) is 0 Å². The molecule has 5 nitrogen and oxygen atoms in total. The van der Waals surface area contributed by atoms with E-state index in [0.717, 1.165) is 24.2 Å². The summed E-state index contributed by atoms with van der Waals surface area (Å²) in [6, 6.07) is 2.14. The molecule has 2 rings (SSSR count). The zero-order chi connectivity index (χ0) is 15.7. The van der Waals surface area contributed by atoms with E-state index in [1.54, 1.807) is 4.57 Å². The van der Waals surface area contributed by atoms with Crippen LogP contribution in [0.2, 0.25) is 0 Å². The molecule has 0 atom stereocenters. The lowest BCUT2D eigenvalue weighted by Gasteiger charge is -2.17. The predicted molar refractivity (Wildman–Crippen MR) is 87.3 cm³/mol. The van der Waals surface area contributed by atoms with Crippen LogP contribution in [0.25, 0.3) is 11.4 Å². The van der Waals surface area contributed by atoms with Gasteiger partial charge in [-0.3, -0.25) is 9.89 Å². The highest BCUT2D eigenvalue weighted by Gasteiger charge is 2.18. The van der Waals surface area contributed by atoms with Crippen LogP contribution in [0.5, 0.6) is 0 Å². The van der Waals surface area contributed by atoms with E-state index in [0.29, 0.717) is 16.2 Å². The van der Waals surface area contributed by atoms with Gasteiger partial charge < -0.3 is 9.13 Å². The molecule has 1 N–H and O–H groups in total. The van der Waals surface area contributed by atoms with Crippen LogP contribution >= 0.6 is 12.2 Å². The normalized spacial score (nSPS) is 11.3. The molecular weight excluding hydrogens is 284 g/mol. The first-order valence-corrected chi connectivity index (χ1v) is 7.67. The number of aromatic amines is 1. The number of hydrogen-bond donors (Lipinski definition) is 1. The van der Waals surface area contributed by atoms with Gasteiger partial charge in [-0.2, -0.15) is 5.10 Å². The van der Waals surface area contributed by atoms with Crippen LogP contribution in [0, 0.1) is 18.6 Å². The zero-order valence-electron chi connectivity index (χ0n) is 13.2. The third-order valence-corrected chi connectivity index (χ3v) is 3.89. The van der Waals surface area contributed by atoms with E-state index in [-0.39, 0.29) is 11.6 Å². The van der Waals surface area contributed by atoms with Gasteiger partial charge in [0.05, 0.1) is 5.56 Å². The number of nitrogens with one attached hydrogen (secondary N) is 1. The molecule has 0 saturated heterocycles. The maximum atomic E-state index is 12.9. The van der Waals surface area contributed by atoms with Gasteiger partial charge in [0.15, 0.2) is 10.6 Å². The van der Waals surface area contributed by atoms with Crippen LogP contribution in [0.1, 0.15) is 44.5 Å². The summed E-state index contributed by atoms with van der Waals surface area (Å²) in [6.07, 6.45) is 0.935. The third kappa shape index (κ3) is 2.72. The average molecular weight is 306 g/mol. The van der Waals surface area contributed by atoms with E-state index in [1.165, 1.54) is 0 Å². The minimum Gasteiger partial charge on any atom is -0.310 e. The van der Waals surface area contributed by atoms with Crippen molar-refractivity contribution in [3.63, 3.8) is 0 Å². The summed E-state index contributed by atoms with van der Waals surface area (Å²) < 4.78 is 4.26. The van der Waals surface area contributed by atoms with Crippen molar-refractivity contribution in [2.45, 2.75) is 53.6 Å². The first-order valence-electron chi connectivity index (χ1n) is 7.26. The summed E-state index contributed by atoms with van der Waals surface area (Å²) in [6.45, 7) is 10.8. The number of pyridine rings is 1. The van der Waals surface area contributed by atoms with E-state index in [9.17, 15) is 4.79 Å². The number of hydrogen-bond acceptors (Lipinski definition) is 3. The highest BCUT2D eigenvalue weighted by molar-refractivity contribution is 7.71. The van der Waals surface area contributed by atoms with Crippen molar-refractivity contribution in [3.05, 3.63) is 32.4 Å². The smallest absolute Gasteiger partial charge is 0.262 e. The quantitative estimate of drug-likeness (QED) is 0.881. The molecule has 0 aliphatic carbocycles. The molecule has 0 unspecified atom stereocenters. The number of H-pyrrole nitrogens is 1. The van der Waals surface area contributed by atoms with Crippen LogP contribution < -0.4 is 5.56 Å². The Labute approximate surface area is 129 Å². The van der Waals surface area contributed by atoms with Gasteiger partial charge in [0.1, 0.15) is 0 Å². The molecule has 6 heteroatoms. The van der Waals surface area contributed by atoms with Crippen LogP contribution in [0.15, 0.2) is 10.9 Å². The Morgan fingerprint density at radius 3 is 2.62 bits per heavy atom. The highest BCUT2D eigenvalue weighted by atomic mass is 32.1. The fraction of sp³-hybridized carbons (Fsp3) is 0.533. The van der Waals surface area contributed by atoms with Gasteiger partial charge in [0, 0.05) is 18.3 Å². The number of rotatable bonds is 4. The summed E-state index contributed by atoms with van der Waals surface area (Å²) in [5.74, 6) is 0.638. The molecular formula is C15H22N4OS. The standard InChI is InChI=1S/C15H22N4OS/c1-6-7-18-13(16-17-15(18)21)12-10(4)8-11(5)19(9(2)3)14(12)20/h8-9H,6-7H2,1-5H3,(H,17,21). The Hall–Kier alpha value is -1.69. The first-order chi connectivity index (χ1) is 9.88. The van der Waals surface area contributed by atoms with Gasteiger partial charge in [0.2, 0.25) is 0 Å². The molecule has 2 heterocycles. The van der Waals surface area contributed by atoms with E-state index in [4.69, 9.17) is 12.2 Å². The van der Waals surface area contributed by atoms with Gasteiger partial charge in [-0.25, -0.2) is 0 Å². The van der Waals surface area contributed by atoms with Crippen molar-refractivity contribution in [1.29, 1.82) is 0 Å². The maximum absolute atomic E-state index is 12.9. The van der Waals surface area contributed by atoms with Crippen LogP contribution in [-0.2, 0) is 6.54 Å². The van der Waals surface area contributed by atoms with Crippen LogP contribution in [0.4, 0.5) is 0 Å². The molecule has 2 aromatic heterocycles. The minimum atomic E-state index is -0.00569. The number of aromatic nitrogens is 4. The number of aryl methyl sites for hydroxylation is 2. The zero-order valence-corrected chi connectivity index (χ0v) is 14.0. The average Bonchev–Trinajstić information content (AvgIpc) is 2.71. The minimum absolute atomic E-state index is 0.00569. The van der Waals surface area contributed by atoms with Crippen molar-refractivity contribution in [3.8, 4) is 11.4 Å². The van der Waals surface area contributed by atoms with Gasteiger partial charge in [0.25, 0.3) is 5.56 Å². The van der Waals surface area contributed by atoms with Crippen molar-refractivity contribution < 1.29 is 0 Å². The Morgan fingerprint density at radius 1 is 1.38 bits per heavy atom. The van der Waals surface area contributed by atoms with Gasteiger partial charge >= 0.3 is 0 Å². The van der Waals surface area contributed by atoms with Crippen LogP contribution in [-0.4, -0.2) is 19.3 Å². The summed E-state index contributed by atoms with van der Waals surface area (Å²) >= 11 is 5.27. The molecule has 0 fully saturated rings. The summed E-state index contributed by atoms with van der Waals surface area (Å²) in [5, 5.41) is 7.09. The van der Waals surface area contributed by atoms with E-state index in [2.05, 4.69) is 17.1 Å². The molecule has 0 spiro atoms. The molecule has 0 bridgehead atoms. The Bertz CT molecular complexity index is 767. The van der Waals surface area contributed by atoms with Gasteiger partial charge in [-0.15, -0.1) is 0 Å². The second kappa shape index (κ2) is 5.97. The Balaban J connectivity index is 2.79. The fourth-order valence-corrected chi connectivity index (χ4v) is 2.98. The molecule has 114 valence electrons. The molecule has 0 radical (unpaired) electrons.